The molecule has 0 amide bonds. The highest BCUT2D eigenvalue weighted by Crippen LogP contribution is 2.34. The van der Waals surface area contributed by atoms with E-state index in [2.05, 4.69) is 26.1 Å². The Morgan fingerprint density at radius 1 is 1.05 bits per heavy atom. The molecule has 2 nitrogen and oxygen atoms in total. The van der Waals surface area contributed by atoms with E-state index in [0.717, 1.165) is 37.1 Å². The molecule has 2 rings (SSSR count). The van der Waals surface area contributed by atoms with Gasteiger partial charge >= 0.3 is 0 Å². The lowest BCUT2D eigenvalue weighted by atomic mass is 9.76. The molecule has 2 saturated carbocycles. The van der Waals surface area contributed by atoms with E-state index in [1.807, 2.05) is 0 Å². The van der Waals surface area contributed by atoms with Crippen molar-refractivity contribution >= 4 is 0 Å². The molecule has 2 aliphatic carbocycles. The molecule has 3 unspecified atom stereocenters. The zero-order valence-electron chi connectivity index (χ0n) is 13.1. The normalized spacial score (nSPS) is 44.2. The van der Waals surface area contributed by atoms with E-state index in [0.29, 0.717) is 6.04 Å². The van der Waals surface area contributed by atoms with Gasteiger partial charge in [0.2, 0.25) is 0 Å². The Balaban J connectivity index is 1.73. The summed E-state index contributed by atoms with van der Waals surface area (Å²) in [5, 5.41) is 14.3. The molecule has 0 spiro atoms. The van der Waals surface area contributed by atoms with Gasteiger partial charge in [-0.2, -0.15) is 0 Å². The fraction of sp³-hybridized carbons (Fsp3) is 1.00. The minimum absolute atomic E-state index is 0.419. The average Bonchev–Trinajstić information content (AvgIpc) is 2.41. The molecule has 19 heavy (non-hydrogen) atoms. The van der Waals surface area contributed by atoms with Gasteiger partial charge in [-0.1, -0.05) is 27.2 Å². The summed E-state index contributed by atoms with van der Waals surface area (Å²) in [6.07, 6.45) is 9.62. The number of hydrogen-bond donors (Lipinski definition) is 2. The molecule has 3 atom stereocenters. The van der Waals surface area contributed by atoms with Gasteiger partial charge in [0.25, 0.3) is 0 Å². The topological polar surface area (TPSA) is 32.3 Å². The van der Waals surface area contributed by atoms with Crippen LogP contribution < -0.4 is 5.32 Å². The van der Waals surface area contributed by atoms with Gasteiger partial charge in [-0.25, -0.2) is 0 Å². The first-order valence-corrected chi connectivity index (χ1v) is 8.48. The van der Waals surface area contributed by atoms with Crippen LogP contribution in [-0.2, 0) is 0 Å². The zero-order chi connectivity index (χ0) is 13.9. The monoisotopic (exact) mass is 267 g/mol. The van der Waals surface area contributed by atoms with Gasteiger partial charge < -0.3 is 10.4 Å². The van der Waals surface area contributed by atoms with Crippen molar-refractivity contribution in [2.24, 2.45) is 17.8 Å². The highest BCUT2D eigenvalue weighted by molar-refractivity contribution is 4.89. The molecule has 0 radical (unpaired) electrons. The lowest BCUT2D eigenvalue weighted by Crippen LogP contribution is -2.48. The largest absolute Gasteiger partial charge is 0.389 e. The van der Waals surface area contributed by atoms with Crippen LogP contribution in [0.5, 0.6) is 0 Å². The van der Waals surface area contributed by atoms with E-state index >= 15 is 0 Å². The number of nitrogens with one attached hydrogen (secondary N) is 1. The molecule has 0 saturated heterocycles. The Morgan fingerprint density at radius 3 is 2.32 bits per heavy atom. The second-order valence-corrected chi connectivity index (χ2v) is 7.42. The fourth-order valence-corrected chi connectivity index (χ4v) is 3.87. The SMILES string of the molecule is CCC1CCC(O)(CNC2CCC(C)C(C)C2)CC1. The molecule has 0 aliphatic heterocycles. The molecule has 2 heteroatoms. The Hall–Kier alpha value is -0.0800. The minimum atomic E-state index is -0.419. The average molecular weight is 267 g/mol. The van der Waals surface area contributed by atoms with E-state index in [1.54, 1.807) is 0 Å². The van der Waals surface area contributed by atoms with Gasteiger partial charge in [0.05, 0.1) is 5.60 Å². The predicted octanol–water partition coefficient (Wildman–Crippen LogP) is 3.73. The predicted molar refractivity (Wildman–Crippen MR) is 81.2 cm³/mol. The lowest BCUT2D eigenvalue weighted by molar-refractivity contribution is -0.0125. The van der Waals surface area contributed by atoms with Crippen molar-refractivity contribution in [1.29, 1.82) is 0 Å². The Labute approximate surface area is 119 Å². The number of rotatable bonds is 4. The smallest absolute Gasteiger partial charge is 0.0771 e. The van der Waals surface area contributed by atoms with Gasteiger partial charge in [0.1, 0.15) is 0 Å². The van der Waals surface area contributed by atoms with E-state index in [-0.39, 0.29) is 0 Å². The van der Waals surface area contributed by atoms with Gasteiger partial charge in [0.15, 0.2) is 0 Å². The van der Waals surface area contributed by atoms with Crippen molar-refractivity contribution in [3.63, 3.8) is 0 Å². The third-order valence-electron chi connectivity index (χ3n) is 5.93. The van der Waals surface area contributed by atoms with Crippen LogP contribution in [0.4, 0.5) is 0 Å². The molecule has 0 aromatic rings. The van der Waals surface area contributed by atoms with Crippen molar-refractivity contribution < 1.29 is 5.11 Å². The molecule has 0 heterocycles. The highest BCUT2D eigenvalue weighted by atomic mass is 16.3. The van der Waals surface area contributed by atoms with E-state index in [1.165, 1.54) is 38.5 Å². The van der Waals surface area contributed by atoms with Crippen LogP contribution in [0.15, 0.2) is 0 Å². The fourth-order valence-electron chi connectivity index (χ4n) is 3.87. The van der Waals surface area contributed by atoms with Crippen LogP contribution in [-0.4, -0.2) is 23.3 Å². The summed E-state index contributed by atoms with van der Waals surface area (Å²) in [4.78, 5) is 0. The lowest BCUT2D eigenvalue weighted by Gasteiger charge is -2.39. The molecule has 2 N–H and O–H groups in total. The van der Waals surface area contributed by atoms with Crippen molar-refractivity contribution in [2.75, 3.05) is 6.54 Å². The summed E-state index contributed by atoms with van der Waals surface area (Å²) in [6, 6.07) is 0.638. The van der Waals surface area contributed by atoms with Gasteiger partial charge in [0, 0.05) is 12.6 Å². The summed E-state index contributed by atoms with van der Waals surface area (Å²) in [5.74, 6) is 2.56. The quantitative estimate of drug-likeness (QED) is 0.813. The first-order chi connectivity index (χ1) is 9.02. The standard InChI is InChI=1S/C17H33NO/c1-4-15-7-9-17(19,10-8-15)12-18-16-6-5-13(2)14(3)11-16/h13-16,18-19H,4-12H2,1-3H3. The van der Waals surface area contributed by atoms with E-state index in [4.69, 9.17) is 0 Å². The number of aliphatic hydroxyl groups is 1. The first kappa shape index (κ1) is 15.3. The maximum absolute atomic E-state index is 10.7. The maximum atomic E-state index is 10.7. The van der Waals surface area contributed by atoms with Gasteiger partial charge in [-0.05, 0) is 62.7 Å². The van der Waals surface area contributed by atoms with Gasteiger partial charge in [-0.3, -0.25) is 0 Å². The second-order valence-electron chi connectivity index (χ2n) is 7.42. The van der Waals surface area contributed by atoms with Crippen molar-refractivity contribution in [1.82, 2.24) is 5.32 Å². The second kappa shape index (κ2) is 6.58. The molecule has 112 valence electrons. The molecular formula is C17H33NO. The molecule has 0 bridgehead atoms. The third-order valence-corrected chi connectivity index (χ3v) is 5.93. The van der Waals surface area contributed by atoms with Crippen molar-refractivity contribution in [2.45, 2.75) is 83.8 Å². The molecular weight excluding hydrogens is 234 g/mol. The van der Waals surface area contributed by atoms with Gasteiger partial charge in [-0.15, -0.1) is 0 Å². The van der Waals surface area contributed by atoms with Crippen LogP contribution in [0.2, 0.25) is 0 Å². The van der Waals surface area contributed by atoms with Crippen LogP contribution in [0.3, 0.4) is 0 Å². The summed E-state index contributed by atoms with van der Waals surface area (Å²) in [5.41, 5.74) is -0.419. The maximum Gasteiger partial charge on any atom is 0.0771 e. The highest BCUT2D eigenvalue weighted by Gasteiger charge is 2.33. The third kappa shape index (κ3) is 4.19. The molecule has 0 aromatic heterocycles. The first-order valence-electron chi connectivity index (χ1n) is 8.48. The van der Waals surface area contributed by atoms with Crippen molar-refractivity contribution in [3.8, 4) is 0 Å². The van der Waals surface area contributed by atoms with Crippen LogP contribution >= 0.6 is 0 Å². The van der Waals surface area contributed by atoms with Crippen LogP contribution in [0.25, 0.3) is 0 Å². The summed E-state index contributed by atoms with van der Waals surface area (Å²) in [6.45, 7) is 7.84. The zero-order valence-corrected chi connectivity index (χ0v) is 13.1. The summed E-state index contributed by atoms with van der Waals surface area (Å²) < 4.78 is 0. The molecule has 2 fully saturated rings. The van der Waals surface area contributed by atoms with Crippen molar-refractivity contribution in [3.05, 3.63) is 0 Å². The Morgan fingerprint density at radius 2 is 1.74 bits per heavy atom. The van der Waals surface area contributed by atoms with E-state index in [9.17, 15) is 5.11 Å². The summed E-state index contributed by atoms with van der Waals surface area (Å²) >= 11 is 0. The molecule has 0 aromatic carbocycles. The van der Waals surface area contributed by atoms with Crippen LogP contribution in [0, 0.1) is 17.8 Å². The van der Waals surface area contributed by atoms with E-state index < -0.39 is 5.60 Å². The van der Waals surface area contributed by atoms with Crippen LogP contribution in [0.1, 0.15) is 72.1 Å². The Kier molecular flexibility index (Phi) is 5.30. The number of hydrogen-bond acceptors (Lipinski definition) is 2. The Bertz CT molecular complexity index is 270. The molecule has 2 aliphatic rings. The minimum Gasteiger partial charge on any atom is -0.389 e. The summed E-state index contributed by atoms with van der Waals surface area (Å²) in [7, 11) is 0.